The molecule has 0 fully saturated rings. The number of carbonyl (C=O) groups excluding carboxylic acids is 2. The van der Waals surface area contributed by atoms with Crippen molar-refractivity contribution in [2.24, 2.45) is 0 Å². The van der Waals surface area contributed by atoms with Crippen molar-refractivity contribution in [1.82, 2.24) is 15.1 Å². The lowest BCUT2D eigenvalue weighted by Crippen LogP contribution is -2.32. The van der Waals surface area contributed by atoms with Gasteiger partial charge in [-0.05, 0) is 12.5 Å². The van der Waals surface area contributed by atoms with E-state index < -0.39 is 18.5 Å². The van der Waals surface area contributed by atoms with Gasteiger partial charge in [-0.15, -0.1) is 0 Å². The number of fused-ring (bicyclic) bond motifs is 1. The highest BCUT2D eigenvalue weighted by Crippen LogP contribution is 2.14. The molecule has 8 heteroatoms. The van der Waals surface area contributed by atoms with Gasteiger partial charge in [0.15, 0.2) is 12.3 Å². The Labute approximate surface area is 157 Å². The number of rotatable bonds is 10. The summed E-state index contributed by atoms with van der Waals surface area (Å²) in [7, 11) is 1.53. The third-order valence-corrected chi connectivity index (χ3v) is 4.00. The monoisotopic (exact) mass is 375 g/mol. The van der Waals surface area contributed by atoms with Crippen LogP contribution in [0.4, 0.5) is 0 Å². The lowest BCUT2D eigenvalue weighted by atomic mass is 10.1. The van der Waals surface area contributed by atoms with Gasteiger partial charge in [0, 0.05) is 25.6 Å². The molecule has 0 aliphatic heterocycles. The standard InChI is InChI=1S/C19H25N3O5/c1-3-4-7-11-22-18(24)15-9-6-5-8-14(15)17(21-22)19(25)27-13-16(23)20-10-12-26-2/h5-6,8-9H,3-4,7,10-13H2,1-2H3,(H,20,23). The molecule has 0 unspecified atom stereocenters. The minimum absolute atomic E-state index is 0.0337. The average molecular weight is 375 g/mol. The summed E-state index contributed by atoms with van der Waals surface area (Å²) in [5.41, 5.74) is -0.207. The van der Waals surface area contributed by atoms with Gasteiger partial charge in [0.2, 0.25) is 0 Å². The molecule has 0 saturated heterocycles. The van der Waals surface area contributed by atoms with E-state index in [0.717, 1.165) is 19.3 Å². The fourth-order valence-corrected chi connectivity index (χ4v) is 2.59. The van der Waals surface area contributed by atoms with Gasteiger partial charge in [-0.25, -0.2) is 9.48 Å². The SMILES string of the molecule is CCCCCn1nc(C(=O)OCC(=O)NCCOC)c2ccccc2c1=O. The van der Waals surface area contributed by atoms with E-state index >= 15 is 0 Å². The van der Waals surface area contributed by atoms with Gasteiger partial charge in [-0.3, -0.25) is 9.59 Å². The summed E-state index contributed by atoms with van der Waals surface area (Å²) in [6.07, 6.45) is 2.76. The number of nitrogens with one attached hydrogen (secondary N) is 1. The summed E-state index contributed by atoms with van der Waals surface area (Å²) >= 11 is 0. The molecule has 1 N–H and O–H groups in total. The third kappa shape index (κ3) is 5.62. The van der Waals surface area contributed by atoms with Crippen LogP contribution in [0.5, 0.6) is 0 Å². The molecule has 0 spiro atoms. The van der Waals surface area contributed by atoms with E-state index in [9.17, 15) is 14.4 Å². The second-order valence-corrected chi connectivity index (χ2v) is 6.05. The van der Waals surface area contributed by atoms with Crippen LogP contribution < -0.4 is 10.9 Å². The molecule has 0 aliphatic carbocycles. The molecular formula is C19H25N3O5. The highest BCUT2D eigenvalue weighted by molar-refractivity contribution is 6.02. The van der Waals surface area contributed by atoms with Crippen LogP contribution in [-0.2, 0) is 20.8 Å². The molecule has 1 aromatic heterocycles. The van der Waals surface area contributed by atoms with Crippen LogP contribution in [0.15, 0.2) is 29.1 Å². The van der Waals surface area contributed by atoms with Crippen LogP contribution in [0, 0.1) is 0 Å². The van der Waals surface area contributed by atoms with Gasteiger partial charge in [-0.1, -0.05) is 38.0 Å². The molecule has 2 rings (SSSR count). The second-order valence-electron chi connectivity index (χ2n) is 6.05. The second kappa shape index (κ2) is 10.4. The van der Waals surface area contributed by atoms with Crippen molar-refractivity contribution < 1.29 is 19.1 Å². The Morgan fingerprint density at radius 3 is 2.63 bits per heavy atom. The number of aromatic nitrogens is 2. The number of nitrogens with zero attached hydrogens (tertiary/aromatic N) is 2. The average Bonchev–Trinajstić information content (AvgIpc) is 2.68. The van der Waals surface area contributed by atoms with Crippen LogP contribution in [-0.4, -0.2) is 48.5 Å². The topological polar surface area (TPSA) is 99.5 Å². The highest BCUT2D eigenvalue weighted by atomic mass is 16.5. The largest absolute Gasteiger partial charge is 0.451 e. The van der Waals surface area contributed by atoms with Crippen molar-refractivity contribution in [2.75, 3.05) is 26.9 Å². The Morgan fingerprint density at radius 1 is 1.19 bits per heavy atom. The summed E-state index contributed by atoms with van der Waals surface area (Å²) in [4.78, 5) is 36.8. The molecular weight excluding hydrogens is 350 g/mol. The number of unbranched alkanes of at least 4 members (excludes halogenated alkanes) is 2. The Hall–Kier alpha value is -2.74. The van der Waals surface area contributed by atoms with E-state index in [1.165, 1.54) is 11.8 Å². The lowest BCUT2D eigenvalue weighted by molar-refractivity contribution is -0.124. The van der Waals surface area contributed by atoms with E-state index in [1.807, 2.05) is 0 Å². The van der Waals surface area contributed by atoms with Gasteiger partial charge < -0.3 is 14.8 Å². The quantitative estimate of drug-likeness (QED) is 0.499. The summed E-state index contributed by atoms with van der Waals surface area (Å²) in [5, 5.41) is 7.59. The maximum absolute atomic E-state index is 12.6. The van der Waals surface area contributed by atoms with Crippen LogP contribution in [0.25, 0.3) is 10.8 Å². The summed E-state index contributed by atoms with van der Waals surface area (Å²) in [5.74, 6) is -1.17. The molecule has 2 aromatic rings. The predicted molar refractivity (Wildman–Crippen MR) is 101 cm³/mol. The first-order chi connectivity index (χ1) is 13.1. The molecule has 0 saturated carbocycles. The summed E-state index contributed by atoms with van der Waals surface area (Å²) < 4.78 is 11.2. The number of amides is 1. The zero-order valence-electron chi connectivity index (χ0n) is 15.7. The summed E-state index contributed by atoms with van der Waals surface area (Å²) in [6, 6.07) is 6.76. The first-order valence-electron chi connectivity index (χ1n) is 9.01. The Bertz CT molecular complexity index is 847. The minimum atomic E-state index is -0.739. The van der Waals surface area contributed by atoms with Crippen LogP contribution in [0.1, 0.15) is 36.7 Å². The van der Waals surface area contributed by atoms with Crippen molar-refractivity contribution in [3.05, 3.63) is 40.3 Å². The number of hydrogen-bond acceptors (Lipinski definition) is 6. The molecule has 0 atom stereocenters. The van der Waals surface area contributed by atoms with Crippen molar-refractivity contribution in [1.29, 1.82) is 0 Å². The molecule has 8 nitrogen and oxygen atoms in total. The van der Waals surface area contributed by atoms with Gasteiger partial charge in [0.1, 0.15) is 0 Å². The lowest BCUT2D eigenvalue weighted by Gasteiger charge is -2.11. The van der Waals surface area contributed by atoms with Gasteiger partial charge in [0.05, 0.1) is 12.0 Å². The molecule has 1 amide bonds. The van der Waals surface area contributed by atoms with E-state index in [-0.39, 0.29) is 11.3 Å². The normalized spacial score (nSPS) is 10.7. The van der Waals surface area contributed by atoms with E-state index in [0.29, 0.717) is 30.5 Å². The number of esters is 1. The smallest absolute Gasteiger partial charge is 0.359 e. The van der Waals surface area contributed by atoms with E-state index in [4.69, 9.17) is 9.47 Å². The molecule has 1 heterocycles. The molecule has 1 aromatic carbocycles. The van der Waals surface area contributed by atoms with Crippen molar-refractivity contribution in [3.8, 4) is 0 Å². The fraction of sp³-hybridized carbons (Fsp3) is 0.474. The molecule has 0 bridgehead atoms. The van der Waals surface area contributed by atoms with Crippen LogP contribution >= 0.6 is 0 Å². The Balaban J connectivity index is 2.20. The number of methoxy groups -OCH3 is 1. The first-order valence-corrected chi connectivity index (χ1v) is 9.01. The zero-order valence-corrected chi connectivity index (χ0v) is 15.7. The van der Waals surface area contributed by atoms with Crippen molar-refractivity contribution in [2.45, 2.75) is 32.7 Å². The van der Waals surface area contributed by atoms with Gasteiger partial charge in [-0.2, -0.15) is 5.10 Å². The molecule has 0 radical (unpaired) electrons. The number of aryl methyl sites for hydroxylation is 1. The third-order valence-electron chi connectivity index (χ3n) is 4.00. The number of carbonyl (C=O) groups is 2. The van der Waals surface area contributed by atoms with Crippen LogP contribution in [0.2, 0.25) is 0 Å². The van der Waals surface area contributed by atoms with Crippen molar-refractivity contribution in [3.63, 3.8) is 0 Å². The van der Waals surface area contributed by atoms with Crippen molar-refractivity contribution >= 4 is 22.6 Å². The number of hydrogen-bond donors (Lipinski definition) is 1. The molecule has 27 heavy (non-hydrogen) atoms. The fourth-order valence-electron chi connectivity index (χ4n) is 2.59. The number of ether oxygens (including phenoxy) is 2. The number of benzene rings is 1. The first kappa shape index (κ1) is 20.6. The van der Waals surface area contributed by atoms with Crippen LogP contribution in [0.3, 0.4) is 0 Å². The van der Waals surface area contributed by atoms with Gasteiger partial charge >= 0.3 is 5.97 Å². The van der Waals surface area contributed by atoms with E-state index in [1.54, 1.807) is 24.3 Å². The minimum Gasteiger partial charge on any atom is -0.451 e. The van der Waals surface area contributed by atoms with E-state index in [2.05, 4.69) is 17.3 Å². The van der Waals surface area contributed by atoms with Gasteiger partial charge in [0.25, 0.3) is 11.5 Å². The Kier molecular flexibility index (Phi) is 7.94. The highest BCUT2D eigenvalue weighted by Gasteiger charge is 2.18. The summed E-state index contributed by atoms with van der Waals surface area (Å²) in [6.45, 7) is 2.77. The zero-order chi connectivity index (χ0) is 19.6. The maximum atomic E-state index is 12.6. The Morgan fingerprint density at radius 2 is 1.93 bits per heavy atom. The predicted octanol–water partition coefficient (Wildman–Crippen LogP) is 1.51. The molecule has 146 valence electrons. The molecule has 0 aliphatic rings. The maximum Gasteiger partial charge on any atom is 0.359 e.